The van der Waals surface area contributed by atoms with E-state index in [9.17, 15) is 4.39 Å². The predicted octanol–water partition coefficient (Wildman–Crippen LogP) is 4.37. The van der Waals surface area contributed by atoms with Crippen LogP contribution in [0.4, 0.5) is 4.39 Å². The Morgan fingerprint density at radius 3 is 2.40 bits per heavy atom. The largest absolute Gasteiger partial charge is 0.205 e. The van der Waals surface area contributed by atoms with Crippen LogP contribution >= 0.6 is 11.3 Å². The molecule has 0 fully saturated rings. The highest BCUT2D eigenvalue weighted by atomic mass is 32.1. The molecule has 1 aromatic carbocycles. The van der Waals surface area contributed by atoms with Crippen molar-refractivity contribution in [2.24, 2.45) is 0 Å². The van der Waals surface area contributed by atoms with E-state index in [1.54, 1.807) is 5.38 Å². The van der Waals surface area contributed by atoms with Crippen LogP contribution in [0.25, 0.3) is 12.2 Å². The van der Waals surface area contributed by atoms with Crippen molar-refractivity contribution in [1.82, 2.24) is 0 Å². The average Bonchev–Trinajstić information content (AvgIpc) is 2.63. The summed E-state index contributed by atoms with van der Waals surface area (Å²) in [5.41, 5.74) is 2.32. The van der Waals surface area contributed by atoms with E-state index < -0.39 is 0 Å². The first-order valence-corrected chi connectivity index (χ1v) is 5.61. The van der Waals surface area contributed by atoms with Gasteiger partial charge < -0.3 is 0 Å². The number of aryl methyl sites for hydroxylation is 1. The molecule has 0 atom stereocenters. The number of rotatable bonds is 2. The molecule has 0 aliphatic carbocycles. The topological polar surface area (TPSA) is 0 Å². The molecule has 1 heterocycles. The van der Waals surface area contributed by atoms with Gasteiger partial charge in [-0.2, -0.15) is 0 Å². The van der Waals surface area contributed by atoms with Crippen molar-refractivity contribution in [3.63, 3.8) is 0 Å². The van der Waals surface area contributed by atoms with Crippen LogP contribution in [0.5, 0.6) is 0 Å². The zero-order chi connectivity index (χ0) is 10.7. The van der Waals surface area contributed by atoms with Gasteiger partial charge in [0.25, 0.3) is 0 Å². The zero-order valence-electron chi connectivity index (χ0n) is 8.41. The minimum atomic E-state index is -0.150. The molecule has 1 aromatic heterocycles. The van der Waals surface area contributed by atoms with Crippen molar-refractivity contribution >= 4 is 23.5 Å². The van der Waals surface area contributed by atoms with E-state index in [2.05, 4.69) is 0 Å². The SMILES string of the molecule is Cc1ccc(C=Cc2sccc2F)cc1. The molecule has 0 spiro atoms. The Hall–Kier alpha value is -1.41. The Bertz CT molecular complexity index is 466. The predicted molar refractivity (Wildman–Crippen MR) is 64.4 cm³/mol. The normalized spacial score (nSPS) is 11.1. The van der Waals surface area contributed by atoms with Crippen LogP contribution in [0.1, 0.15) is 16.0 Å². The molecule has 0 radical (unpaired) electrons. The van der Waals surface area contributed by atoms with E-state index in [1.807, 2.05) is 43.3 Å². The Balaban J connectivity index is 2.19. The number of hydrogen-bond donors (Lipinski definition) is 0. The van der Waals surface area contributed by atoms with Crippen molar-refractivity contribution in [3.8, 4) is 0 Å². The summed E-state index contributed by atoms with van der Waals surface area (Å²) in [6.45, 7) is 2.05. The van der Waals surface area contributed by atoms with Crippen LogP contribution in [0.3, 0.4) is 0 Å². The van der Waals surface area contributed by atoms with Gasteiger partial charge in [0.05, 0.1) is 4.88 Å². The minimum Gasteiger partial charge on any atom is -0.205 e. The fourth-order valence-corrected chi connectivity index (χ4v) is 1.94. The number of halogens is 1. The monoisotopic (exact) mass is 218 g/mol. The van der Waals surface area contributed by atoms with Gasteiger partial charge in [-0.05, 0) is 30.0 Å². The molecule has 0 saturated heterocycles. The van der Waals surface area contributed by atoms with E-state index >= 15 is 0 Å². The van der Waals surface area contributed by atoms with E-state index in [0.29, 0.717) is 4.88 Å². The summed E-state index contributed by atoms with van der Waals surface area (Å²) in [7, 11) is 0. The third kappa shape index (κ3) is 2.54. The van der Waals surface area contributed by atoms with Crippen molar-refractivity contribution < 1.29 is 4.39 Å². The minimum absolute atomic E-state index is 0.150. The molecule has 0 aliphatic rings. The lowest BCUT2D eigenvalue weighted by molar-refractivity contribution is 0.631. The number of thiophene rings is 1. The van der Waals surface area contributed by atoms with E-state index in [-0.39, 0.29) is 5.82 Å². The maximum atomic E-state index is 13.1. The standard InChI is InChI=1S/C13H11FS/c1-10-2-4-11(5-3-10)6-7-13-12(14)8-9-15-13/h2-9H,1H3. The summed E-state index contributed by atoms with van der Waals surface area (Å²) in [5.74, 6) is -0.150. The molecule has 0 aliphatic heterocycles. The number of benzene rings is 1. The molecule has 2 heteroatoms. The van der Waals surface area contributed by atoms with Crippen LogP contribution in [-0.4, -0.2) is 0 Å². The quantitative estimate of drug-likeness (QED) is 0.702. The van der Waals surface area contributed by atoms with Crippen LogP contribution in [0, 0.1) is 12.7 Å². The molecule has 0 nitrogen and oxygen atoms in total. The Labute approximate surface area is 92.7 Å². The molecule has 2 aromatic rings. The van der Waals surface area contributed by atoms with Gasteiger partial charge in [0.1, 0.15) is 5.82 Å². The van der Waals surface area contributed by atoms with Gasteiger partial charge in [-0.3, -0.25) is 0 Å². The molecule has 76 valence electrons. The third-order valence-corrected chi connectivity index (χ3v) is 3.01. The van der Waals surface area contributed by atoms with Crippen LogP contribution in [0.2, 0.25) is 0 Å². The lowest BCUT2D eigenvalue weighted by Gasteiger charge is -1.94. The van der Waals surface area contributed by atoms with Gasteiger partial charge in [-0.15, -0.1) is 11.3 Å². The highest BCUT2D eigenvalue weighted by molar-refractivity contribution is 7.10. The second-order valence-electron chi connectivity index (χ2n) is 3.38. The maximum absolute atomic E-state index is 13.1. The highest BCUT2D eigenvalue weighted by Gasteiger charge is 1.97. The molecular formula is C13H11FS. The van der Waals surface area contributed by atoms with Gasteiger partial charge in [0.2, 0.25) is 0 Å². The first-order valence-electron chi connectivity index (χ1n) is 4.73. The van der Waals surface area contributed by atoms with Crippen molar-refractivity contribution in [2.75, 3.05) is 0 Å². The van der Waals surface area contributed by atoms with Gasteiger partial charge in [0.15, 0.2) is 0 Å². The smallest absolute Gasteiger partial charge is 0.141 e. The molecule has 2 rings (SSSR count). The highest BCUT2D eigenvalue weighted by Crippen LogP contribution is 2.18. The molecule has 0 bridgehead atoms. The van der Waals surface area contributed by atoms with Crippen molar-refractivity contribution in [1.29, 1.82) is 0 Å². The zero-order valence-corrected chi connectivity index (χ0v) is 9.22. The van der Waals surface area contributed by atoms with Crippen LogP contribution in [-0.2, 0) is 0 Å². The summed E-state index contributed by atoms with van der Waals surface area (Å²) in [4.78, 5) is 0.676. The molecule has 0 N–H and O–H groups in total. The summed E-state index contributed by atoms with van der Waals surface area (Å²) in [6, 6.07) is 9.63. The molecule has 0 unspecified atom stereocenters. The summed E-state index contributed by atoms with van der Waals surface area (Å²) in [6.07, 6.45) is 3.74. The summed E-state index contributed by atoms with van der Waals surface area (Å²) >= 11 is 1.41. The summed E-state index contributed by atoms with van der Waals surface area (Å²) in [5, 5.41) is 1.75. The molecule has 0 amide bonds. The van der Waals surface area contributed by atoms with Crippen LogP contribution < -0.4 is 0 Å². The Morgan fingerprint density at radius 1 is 1.07 bits per heavy atom. The van der Waals surface area contributed by atoms with E-state index in [0.717, 1.165) is 5.56 Å². The van der Waals surface area contributed by atoms with E-state index in [4.69, 9.17) is 0 Å². The van der Waals surface area contributed by atoms with Crippen molar-refractivity contribution in [2.45, 2.75) is 6.92 Å². The second kappa shape index (κ2) is 4.41. The third-order valence-electron chi connectivity index (χ3n) is 2.15. The maximum Gasteiger partial charge on any atom is 0.141 e. The molecule has 15 heavy (non-hydrogen) atoms. The van der Waals surface area contributed by atoms with Gasteiger partial charge in [-0.25, -0.2) is 4.39 Å². The second-order valence-corrected chi connectivity index (χ2v) is 4.32. The van der Waals surface area contributed by atoms with Gasteiger partial charge in [0, 0.05) is 0 Å². The fraction of sp³-hybridized carbons (Fsp3) is 0.0769. The van der Waals surface area contributed by atoms with Gasteiger partial charge in [-0.1, -0.05) is 35.9 Å². The summed E-state index contributed by atoms with van der Waals surface area (Å²) < 4.78 is 13.1. The average molecular weight is 218 g/mol. The fourth-order valence-electron chi connectivity index (χ4n) is 1.27. The van der Waals surface area contributed by atoms with Crippen LogP contribution in [0.15, 0.2) is 35.7 Å². The van der Waals surface area contributed by atoms with Gasteiger partial charge >= 0.3 is 0 Å². The van der Waals surface area contributed by atoms with E-state index in [1.165, 1.54) is 23.0 Å². The lowest BCUT2D eigenvalue weighted by atomic mass is 10.1. The molecule has 0 saturated carbocycles. The Kier molecular flexibility index (Phi) is 2.97. The number of hydrogen-bond acceptors (Lipinski definition) is 1. The lowest BCUT2D eigenvalue weighted by Crippen LogP contribution is -1.74. The first-order chi connectivity index (χ1) is 7.25. The van der Waals surface area contributed by atoms with Crippen molar-refractivity contribution in [3.05, 3.63) is 57.5 Å². The first kappa shape index (κ1) is 10.1. The molecular weight excluding hydrogens is 207 g/mol. The Morgan fingerprint density at radius 2 is 1.80 bits per heavy atom.